The van der Waals surface area contributed by atoms with Crippen molar-refractivity contribution in [2.75, 3.05) is 13.6 Å². The molecule has 0 unspecified atom stereocenters. The SMILES string of the molecule is CC1=C(c2ccc(F)c(C=O)c2)CNN1C. The van der Waals surface area contributed by atoms with E-state index in [4.69, 9.17) is 0 Å². The van der Waals surface area contributed by atoms with Gasteiger partial charge in [0.25, 0.3) is 0 Å². The average molecular weight is 220 g/mol. The minimum atomic E-state index is -0.476. The van der Waals surface area contributed by atoms with Crippen LogP contribution in [0.1, 0.15) is 22.8 Å². The minimum absolute atomic E-state index is 0.104. The van der Waals surface area contributed by atoms with Crippen molar-refractivity contribution in [3.05, 3.63) is 40.8 Å². The van der Waals surface area contributed by atoms with E-state index in [1.807, 2.05) is 19.0 Å². The van der Waals surface area contributed by atoms with Crippen molar-refractivity contribution >= 4 is 11.9 Å². The first-order valence-corrected chi connectivity index (χ1v) is 5.05. The van der Waals surface area contributed by atoms with Crippen molar-refractivity contribution in [2.45, 2.75) is 6.92 Å². The van der Waals surface area contributed by atoms with Crippen LogP contribution < -0.4 is 5.43 Å². The highest BCUT2D eigenvalue weighted by Crippen LogP contribution is 2.24. The molecule has 0 saturated heterocycles. The van der Waals surface area contributed by atoms with E-state index in [0.717, 1.165) is 16.8 Å². The molecule has 1 aliphatic heterocycles. The number of allylic oxidation sites excluding steroid dienone is 1. The first-order valence-electron chi connectivity index (χ1n) is 5.05. The van der Waals surface area contributed by atoms with Crippen molar-refractivity contribution < 1.29 is 9.18 Å². The summed E-state index contributed by atoms with van der Waals surface area (Å²) < 4.78 is 13.2. The van der Waals surface area contributed by atoms with Crippen molar-refractivity contribution in [1.82, 2.24) is 10.4 Å². The molecule has 0 radical (unpaired) electrons. The standard InChI is InChI=1S/C12H13FN2O/c1-8-11(6-14-15(8)2)9-3-4-12(13)10(5-9)7-16/h3-5,7,14H,6H2,1-2H3. The van der Waals surface area contributed by atoms with Crippen molar-refractivity contribution in [3.63, 3.8) is 0 Å². The summed E-state index contributed by atoms with van der Waals surface area (Å²) in [5.74, 6) is -0.476. The Morgan fingerprint density at radius 1 is 1.50 bits per heavy atom. The van der Waals surface area contributed by atoms with Gasteiger partial charge in [-0.3, -0.25) is 4.79 Å². The minimum Gasteiger partial charge on any atom is -0.315 e. The fourth-order valence-electron chi connectivity index (χ4n) is 1.78. The van der Waals surface area contributed by atoms with Crippen molar-refractivity contribution in [2.24, 2.45) is 0 Å². The summed E-state index contributed by atoms with van der Waals surface area (Å²) in [6.07, 6.45) is 0.542. The van der Waals surface area contributed by atoms with E-state index in [-0.39, 0.29) is 5.56 Å². The van der Waals surface area contributed by atoms with Crippen LogP contribution in [0.5, 0.6) is 0 Å². The lowest BCUT2D eigenvalue weighted by molar-refractivity contribution is 0.112. The van der Waals surface area contributed by atoms with E-state index in [9.17, 15) is 9.18 Å². The third-order valence-electron chi connectivity index (χ3n) is 2.90. The maximum atomic E-state index is 13.2. The molecule has 0 saturated carbocycles. The number of rotatable bonds is 2. The molecule has 0 amide bonds. The molecule has 2 rings (SSSR count). The molecule has 1 N–H and O–H groups in total. The molecule has 4 heteroatoms. The molecule has 0 aromatic heterocycles. The largest absolute Gasteiger partial charge is 0.315 e. The van der Waals surface area contributed by atoms with Gasteiger partial charge in [-0.1, -0.05) is 6.07 Å². The van der Waals surface area contributed by atoms with E-state index in [2.05, 4.69) is 5.43 Å². The summed E-state index contributed by atoms with van der Waals surface area (Å²) in [5.41, 5.74) is 6.31. The number of carbonyl (C=O) groups excluding carboxylic acids is 1. The van der Waals surface area contributed by atoms with E-state index >= 15 is 0 Å². The number of hydrogen-bond donors (Lipinski definition) is 1. The van der Waals surface area contributed by atoms with E-state index < -0.39 is 5.82 Å². The van der Waals surface area contributed by atoms with Crippen molar-refractivity contribution in [1.29, 1.82) is 0 Å². The summed E-state index contributed by atoms with van der Waals surface area (Å²) >= 11 is 0. The van der Waals surface area contributed by atoms with Gasteiger partial charge in [-0.15, -0.1) is 0 Å². The maximum Gasteiger partial charge on any atom is 0.153 e. The summed E-state index contributed by atoms with van der Waals surface area (Å²) in [6, 6.07) is 4.61. The Bertz CT molecular complexity index is 468. The van der Waals surface area contributed by atoms with Crippen LogP contribution >= 0.6 is 0 Å². The topological polar surface area (TPSA) is 32.3 Å². The number of carbonyl (C=O) groups is 1. The second-order valence-corrected chi connectivity index (χ2v) is 3.81. The van der Waals surface area contributed by atoms with Gasteiger partial charge in [-0.05, 0) is 30.2 Å². The van der Waals surface area contributed by atoms with Crippen LogP contribution in [0.25, 0.3) is 5.57 Å². The highest BCUT2D eigenvalue weighted by Gasteiger charge is 2.17. The van der Waals surface area contributed by atoms with Gasteiger partial charge < -0.3 is 5.01 Å². The number of benzene rings is 1. The molecule has 84 valence electrons. The normalized spacial score (nSPS) is 15.8. The van der Waals surface area contributed by atoms with Crippen LogP contribution in [0.3, 0.4) is 0 Å². The summed E-state index contributed by atoms with van der Waals surface area (Å²) in [7, 11) is 1.92. The molecule has 0 aliphatic carbocycles. The lowest BCUT2D eigenvalue weighted by Gasteiger charge is -2.11. The molecule has 0 atom stereocenters. The summed E-state index contributed by atoms with van der Waals surface area (Å²) in [4.78, 5) is 10.7. The molecule has 3 nitrogen and oxygen atoms in total. The Hall–Kier alpha value is -1.68. The van der Waals surface area contributed by atoms with Crippen LogP contribution in [0, 0.1) is 5.82 Å². The molecule has 1 aromatic rings. The molecular weight excluding hydrogens is 207 g/mol. The van der Waals surface area contributed by atoms with Gasteiger partial charge >= 0.3 is 0 Å². The van der Waals surface area contributed by atoms with Gasteiger partial charge in [0.2, 0.25) is 0 Å². The zero-order chi connectivity index (χ0) is 11.7. The zero-order valence-electron chi connectivity index (χ0n) is 9.25. The molecule has 1 aromatic carbocycles. The summed E-state index contributed by atoms with van der Waals surface area (Å²) in [5, 5.41) is 1.92. The van der Waals surface area contributed by atoms with Crippen LogP contribution in [0.4, 0.5) is 4.39 Å². The van der Waals surface area contributed by atoms with Crippen molar-refractivity contribution in [3.8, 4) is 0 Å². The Kier molecular flexibility index (Phi) is 2.75. The van der Waals surface area contributed by atoms with E-state index in [0.29, 0.717) is 12.8 Å². The molecule has 0 spiro atoms. The fourth-order valence-corrected chi connectivity index (χ4v) is 1.78. The third-order valence-corrected chi connectivity index (χ3v) is 2.90. The number of nitrogens with one attached hydrogen (secondary N) is 1. The van der Waals surface area contributed by atoms with Gasteiger partial charge in [0.15, 0.2) is 6.29 Å². The Labute approximate surface area is 93.5 Å². The van der Waals surface area contributed by atoms with Gasteiger partial charge in [-0.25, -0.2) is 9.82 Å². The molecular formula is C12H13FN2O. The lowest BCUT2D eigenvalue weighted by Crippen LogP contribution is -2.26. The number of hydrazine groups is 1. The smallest absolute Gasteiger partial charge is 0.153 e. The third kappa shape index (κ3) is 1.72. The molecule has 1 heterocycles. The molecule has 16 heavy (non-hydrogen) atoms. The Balaban J connectivity index is 2.46. The van der Waals surface area contributed by atoms with Gasteiger partial charge in [-0.2, -0.15) is 0 Å². The van der Waals surface area contributed by atoms with E-state index in [1.54, 1.807) is 12.1 Å². The van der Waals surface area contributed by atoms with Gasteiger partial charge in [0.05, 0.1) is 5.56 Å². The Morgan fingerprint density at radius 2 is 2.25 bits per heavy atom. The highest BCUT2D eigenvalue weighted by molar-refractivity contribution is 5.80. The maximum absolute atomic E-state index is 13.2. The van der Waals surface area contributed by atoms with Gasteiger partial charge in [0.1, 0.15) is 5.82 Å². The predicted octanol–water partition coefficient (Wildman–Crippen LogP) is 1.82. The number of halogens is 1. The van der Waals surface area contributed by atoms with Crippen LogP contribution in [-0.2, 0) is 0 Å². The quantitative estimate of drug-likeness (QED) is 0.771. The molecule has 1 aliphatic rings. The second kappa shape index (κ2) is 4.06. The lowest BCUT2D eigenvalue weighted by atomic mass is 10.0. The highest BCUT2D eigenvalue weighted by atomic mass is 19.1. The fraction of sp³-hybridized carbons (Fsp3) is 0.250. The zero-order valence-corrected chi connectivity index (χ0v) is 9.25. The van der Waals surface area contributed by atoms with Crippen LogP contribution in [0.2, 0.25) is 0 Å². The summed E-state index contributed by atoms with van der Waals surface area (Å²) in [6.45, 7) is 2.69. The van der Waals surface area contributed by atoms with Crippen LogP contribution in [0.15, 0.2) is 23.9 Å². The number of nitrogens with zero attached hydrogens (tertiary/aromatic N) is 1. The first kappa shape index (κ1) is 10.8. The molecule has 0 bridgehead atoms. The average Bonchev–Trinajstić information content (AvgIpc) is 2.61. The van der Waals surface area contributed by atoms with Crippen LogP contribution in [-0.4, -0.2) is 24.9 Å². The number of aldehydes is 1. The molecule has 0 fully saturated rings. The monoisotopic (exact) mass is 220 g/mol. The first-order chi connectivity index (χ1) is 7.63. The number of hydrogen-bond acceptors (Lipinski definition) is 3. The Morgan fingerprint density at radius 3 is 2.81 bits per heavy atom. The van der Waals surface area contributed by atoms with Gasteiger partial charge in [0, 0.05) is 19.3 Å². The predicted molar refractivity (Wildman–Crippen MR) is 60.1 cm³/mol. The second-order valence-electron chi connectivity index (χ2n) is 3.81. The van der Waals surface area contributed by atoms with E-state index in [1.165, 1.54) is 6.07 Å².